The lowest BCUT2D eigenvalue weighted by molar-refractivity contribution is -0.138. The molecule has 2 aromatic rings. The maximum atomic E-state index is 13.1. The van der Waals surface area contributed by atoms with Crippen molar-refractivity contribution < 1.29 is 18.4 Å². The highest BCUT2D eigenvalue weighted by Crippen LogP contribution is 2.28. The van der Waals surface area contributed by atoms with E-state index in [2.05, 4.69) is 5.32 Å². The van der Waals surface area contributed by atoms with Gasteiger partial charge < -0.3 is 10.2 Å². The van der Waals surface area contributed by atoms with E-state index >= 15 is 0 Å². The van der Waals surface area contributed by atoms with E-state index in [9.17, 15) is 18.4 Å². The molecule has 0 unspecified atom stereocenters. The molecule has 4 nitrogen and oxygen atoms in total. The molecular weight excluding hydrogens is 386 g/mol. The summed E-state index contributed by atoms with van der Waals surface area (Å²) in [6.07, 6.45) is 1.72. The molecule has 2 aromatic carbocycles. The molecule has 0 aromatic heterocycles. The van der Waals surface area contributed by atoms with Crippen molar-refractivity contribution in [1.82, 2.24) is 10.2 Å². The molecule has 1 heterocycles. The molecule has 1 atom stereocenters. The topological polar surface area (TPSA) is 49.4 Å². The predicted molar refractivity (Wildman–Crippen MR) is 112 cm³/mol. The number of halogens is 2. The molecule has 6 heteroatoms. The summed E-state index contributed by atoms with van der Waals surface area (Å²) < 4.78 is 26.2. The average molecular weight is 414 g/mol. The van der Waals surface area contributed by atoms with Crippen molar-refractivity contribution >= 4 is 11.8 Å². The highest BCUT2D eigenvalue weighted by atomic mass is 19.1. The van der Waals surface area contributed by atoms with E-state index in [0.29, 0.717) is 24.6 Å². The van der Waals surface area contributed by atoms with Crippen LogP contribution in [0.15, 0.2) is 48.5 Å². The average Bonchev–Trinajstić information content (AvgIpc) is 2.74. The first-order valence-corrected chi connectivity index (χ1v) is 10.4. The minimum Gasteiger partial charge on any atom is -0.344 e. The van der Waals surface area contributed by atoms with Gasteiger partial charge in [0.25, 0.3) is 0 Å². The smallest absolute Gasteiger partial charge is 0.245 e. The molecule has 1 N–H and O–H groups in total. The van der Waals surface area contributed by atoms with Crippen LogP contribution in [0.5, 0.6) is 0 Å². The van der Waals surface area contributed by atoms with E-state index in [1.165, 1.54) is 24.3 Å². The number of hydrogen-bond acceptors (Lipinski definition) is 2. The molecule has 1 saturated heterocycles. The summed E-state index contributed by atoms with van der Waals surface area (Å²) in [5.74, 6) is -0.671. The monoisotopic (exact) mass is 414 g/mol. The van der Waals surface area contributed by atoms with Gasteiger partial charge in [0.2, 0.25) is 11.8 Å². The number of nitrogens with one attached hydrogen (secondary N) is 1. The lowest BCUT2D eigenvalue weighted by Gasteiger charge is -2.35. The van der Waals surface area contributed by atoms with E-state index in [4.69, 9.17) is 0 Å². The van der Waals surface area contributed by atoms with Gasteiger partial charge in [0, 0.05) is 13.1 Å². The third-order valence-corrected chi connectivity index (χ3v) is 5.68. The second-order valence-electron chi connectivity index (χ2n) is 8.24. The number of carbonyl (C=O) groups excluding carboxylic acids is 2. The van der Waals surface area contributed by atoms with Gasteiger partial charge in [-0.25, -0.2) is 8.78 Å². The number of rotatable bonds is 6. The summed E-state index contributed by atoms with van der Waals surface area (Å²) in [5, 5.41) is 2.86. The largest absolute Gasteiger partial charge is 0.344 e. The Labute approximate surface area is 176 Å². The lowest BCUT2D eigenvalue weighted by Crippen LogP contribution is -2.53. The molecule has 2 amide bonds. The number of carbonyl (C=O) groups is 2. The van der Waals surface area contributed by atoms with Crippen LogP contribution in [0.4, 0.5) is 8.78 Å². The van der Waals surface area contributed by atoms with Crippen LogP contribution >= 0.6 is 0 Å². The first kappa shape index (κ1) is 21.9. The van der Waals surface area contributed by atoms with Crippen LogP contribution < -0.4 is 5.32 Å². The van der Waals surface area contributed by atoms with Crippen molar-refractivity contribution in [3.63, 3.8) is 0 Å². The number of amides is 2. The lowest BCUT2D eigenvalue weighted by atomic mass is 9.89. The molecule has 0 saturated carbocycles. The summed E-state index contributed by atoms with van der Waals surface area (Å²) in [5.41, 5.74) is 1.79. The molecular formula is C24H28F2N2O2. The Kier molecular flexibility index (Phi) is 7.19. The Hall–Kier alpha value is -2.76. The Morgan fingerprint density at radius 2 is 1.50 bits per heavy atom. The van der Waals surface area contributed by atoms with Crippen LogP contribution in [0.25, 0.3) is 0 Å². The molecule has 0 radical (unpaired) electrons. The van der Waals surface area contributed by atoms with Crippen LogP contribution in [0, 0.1) is 17.6 Å². The van der Waals surface area contributed by atoms with Crippen LogP contribution in [-0.4, -0.2) is 35.8 Å². The maximum absolute atomic E-state index is 13.1. The fourth-order valence-corrected chi connectivity index (χ4v) is 3.89. The Morgan fingerprint density at radius 1 is 0.967 bits per heavy atom. The summed E-state index contributed by atoms with van der Waals surface area (Å²) in [4.78, 5) is 27.3. The van der Waals surface area contributed by atoms with E-state index in [1.807, 2.05) is 30.9 Å². The second-order valence-corrected chi connectivity index (χ2v) is 8.24. The quantitative estimate of drug-likeness (QED) is 0.775. The molecule has 0 spiro atoms. The summed E-state index contributed by atoms with van der Waals surface area (Å²) in [7, 11) is 0. The number of hydrogen-bond donors (Lipinski definition) is 1. The summed E-state index contributed by atoms with van der Waals surface area (Å²) in [6, 6.07) is 11.7. The first-order chi connectivity index (χ1) is 14.3. The number of benzene rings is 2. The molecule has 3 rings (SSSR count). The zero-order chi connectivity index (χ0) is 21.7. The first-order valence-electron chi connectivity index (χ1n) is 10.4. The van der Waals surface area contributed by atoms with Crippen molar-refractivity contribution in [3.05, 3.63) is 71.3 Å². The molecule has 30 heavy (non-hydrogen) atoms. The van der Waals surface area contributed by atoms with Gasteiger partial charge in [0.05, 0.1) is 6.42 Å². The third kappa shape index (κ3) is 5.65. The van der Waals surface area contributed by atoms with Gasteiger partial charge in [0.1, 0.15) is 17.7 Å². The van der Waals surface area contributed by atoms with Crippen molar-refractivity contribution in [2.24, 2.45) is 5.92 Å². The molecule has 1 fully saturated rings. The van der Waals surface area contributed by atoms with Gasteiger partial charge in [0.15, 0.2) is 0 Å². The number of piperidine rings is 1. The van der Waals surface area contributed by atoms with Gasteiger partial charge in [-0.05, 0) is 60.1 Å². The summed E-state index contributed by atoms with van der Waals surface area (Å²) >= 11 is 0. The molecule has 1 aliphatic rings. The highest BCUT2D eigenvalue weighted by Gasteiger charge is 2.31. The van der Waals surface area contributed by atoms with Crippen LogP contribution in [0.3, 0.4) is 0 Å². The second kappa shape index (κ2) is 9.83. The summed E-state index contributed by atoms with van der Waals surface area (Å²) in [6.45, 7) is 5.04. The third-order valence-electron chi connectivity index (χ3n) is 5.68. The van der Waals surface area contributed by atoms with Gasteiger partial charge in [-0.1, -0.05) is 38.1 Å². The fraction of sp³-hybridized carbons (Fsp3) is 0.417. The molecule has 0 aliphatic carbocycles. The van der Waals surface area contributed by atoms with Gasteiger partial charge in [-0.2, -0.15) is 0 Å². The molecule has 0 bridgehead atoms. The maximum Gasteiger partial charge on any atom is 0.245 e. The zero-order valence-corrected chi connectivity index (χ0v) is 17.4. The molecule has 160 valence electrons. The van der Waals surface area contributed by atoms with Crippen LogP contribution in [0.1, 0.15) is 43.7 Å². The van der Waals surface area contributed by atoms with Gasteiger partial charge in [-0.3, -0.25) is 9.59 Å². The van der Waals surface area contributed by atoms with E-state index in [-0.39, 0.29) is 35.8 Å². The predicted octanol–water partition coefficient (Wildman–Crippen LogP) is 4.05. The van der Waals surface area contributed by atoms with Gasteiger partial charge in [-0.15, -0.1) is 0 Å². The number of likely N-dealkylation sites (tertiary alicyclic amines) is 1. The zero-order valence-electron chi connectivity index (χ0n) is 17.4. The van der Waals surface area contributed by atoms with Crippen LogP contribution in [-0.2, 0) is 16.0 Å². The Balaban J connectivity index is 1.56. The molecule has 1 aliphatic heterocycles. The standard InChI is InChI=1S/C24H28F2N2O2/c1-16(2)23(27-22(29)15-17-3-7-20(25)8-4-17)24(30)28-13-11-19(12-14-28)18-5-9-21(26)10-6-18/h3-10,16,19,23H,11-15H2,1-2H3,(H,27,29)/t23-/m1/s1. The van der Waals surface area contributed by atoms with E-state index < -0.39 is 6.04 Å². The van der Waals surface area contributed by atoms with E-state index in [0.717, 1.165) is 18.4 Å². The Morgan fingerprint density at radius 3 is 2.03 bits per heavy atom. The fourth-order valence-electron chi connectivity index (χ4n) is 3.89. The van der Waals surface area contributed by atoms with Crippen molar-refractivity contribution in [3.8, 4) is 0 Å². The van der Waals surface area contributed by atoms with Gasteiger partial charge >= 0.3 is 0 Å². The number of nitrogens with zero attached hydrogens (tertiary/aromatic N) is 1. The SMILES string of the molecule is CC(C)[C@@H](NC(=O)Cc1ccc(F)cc1)C(=O)N1CCC(c2ccc(F)cc2)CC1. The Bertz CT molecular complexity index is 858. The minimum atomic E-state index is -0.597. The van der Waals surface area contributed by atoms with E-state index in [1.54, 1.807) is 12.1 Å². The van der Waals surface area contributed by atoms with Crippen molar-refractivity contribution in [1.29, 1.82) is 0 Å². The van der Waals surface area contributed by atoms with Crippen molar-refractivity contribution in [2.75, 3.05) is 13.1 Å². The van der Waals surface area contributed by atoms with Crippen LogP contribution in [0.2, 0.25) is 0 Å². The highest BCUT2D eigenvalue weighted by molar-refractivity contribution is 5.88. The van der Waals surface area contributed by atoms with Crippen molar-refractivity contribution in [2.45, 2.75) is 45.1 Å². The normalized spacial score (nSPS) is 15.8. The minimum absolute atomic E-state index is 0.0514.